The Hall–Kier alpha value is -1.92. The van der Waals surface area contributed by atoms with Crippen LogP contribution in [0.25, 0.3) is 11.5 Å². The van der Waals surface area contributed by atoms with Crippen molar-refractivity contribution in [3.63, 3.8) is 0 Å². The number of carbonyl (C=O) groups is 1. The minimum absolute atomic E-state index is 0.0732. The molecule has 1 heterocycles. The first-order valence-corrected chi connectivity index (χ1v) is 8.09. The number of benzene rings is 1. The zero-order chi connectivity index (χ0) is 16.2. The van der Waals surface area contributed by atoms with Crippen molar-refractivity contribution in [2.45, 2.75) is 25.8 Å². The molecule has 1 aromatic heterocycles. The Labute approximate surface area is 139 Å². The summed E-state index contributed by atoms with van der Waals surface area (Å²) in [5.74, 6) is 1.53. The number of hydrogen-bond acceptors (Lipinski definition) is 5. The molecule has 6 nitrogen and oxygen atoms in total. The summed E-state index contributed by atoms with van der Waals surface area (Å²) in [6.07, 6.45) is 2.53. The summed E-state index contributed by atoms with van der Waals surface area (Å²) in [5.41, 5.74) is 0.790. The predicted octanol–water partition coefficient (Wildman–Crippen LogP) is 2.57. The Balaban J connectivity index is 1.53. The molecule has 2 aromatic rings. The molecule has 0 radical (unpaired) electrons. The Morgan fingerprint density at radius 2 is 2.13 bits per heavy atom. The van der Waals surface area contributed by atoms with Crippen LogP contribution in [0.2, 0.25) is 5.02 Å². The first-order chi connectivity index (χ1) is 11.1. The summed E-state index contributed by atoms with van der Waals surface area (Å²) in [7, 11) is 0. The van der Waals surface area contributed by atoms with Crippen molar-refractivity contribution in [2.75, 3.05) is 13.1 Å². The van der Waals surface area contributed by atoms with E-state index < -0.39 is 0 Å². The second-order valence-corrected chi connectivity index (χ2v) is 6.26. The summed E-state index contributed by atoms with van der Waals surface area (Å²) >= 11 is 5.86. The minimum Gasteiger partial charge on any atom is -0.345 e. The Morgan fingerprint density at radius 3 is 2.83 bits per heavy atom. The molecule has 1 unspecified atom stereocenters. The van der Waals surface area contributed by atoms with Crippen LogP contribution in [-0.4, -0.2) is 29.1 Å². The normalized spacial score (nSPS) is 15.4. The lowest BCUT2D eigenvalue weighted by atomic mass is 10.2. The van der Waals surface area contributed by atoms with Gasteiger partial charge in [-0.1, -0.05) is 16.8 Å². The maximum Gasteiger partial charge on any atom is 0.257 e. The van der Waals surface area contributed by atoms with Crippen LogP contribution in [0.5, 0.6) is 0 Å². The van der Waals surface area contributed by atoms with Crippen LogP contribution in [0.4, 0.5) is 0 Å². The van der Waals surface area contributed by atoms with Gasteiger partial charge in [0.2, 0.25) is 5.91 Å². The summed E-state index contributed by atoms with van der Waals surface area (Å²) in [6.45, 7) is 3.04. The lowest BCUT2D eigenvalue weighted by molar-refractivity contribution is -0.120. The fourth-order valence-electron chi connectivity index (χ4n) is 2.19. The van der Waals surface area contributed by atoms with E-state index in [1.54, 1.807) is 12.1 Å². The number of nitrogens with zero attached hydrogens (tertiary/aromatic N) is 2. The first-order valence-electron chi connectivity index (χ1n) is 7.71. The average Bonchev–Trinajstić information content (AvgIpc) is 3.21. The lowest BCUT2D eigenvalue weighted by Gasteiger charge is -2.10. The van der Waals surface area contributed by atoms with Gasteiger partial charge in [0.25, 0.3) is 5.89 Å². The van der Waals surface area contributed by atoms with Crippen LogP contribution in [0.15, 0.2) is 28.8 Å². The Bertz CT molecular complexity index is 667. The van der Waals surface area contributed by atoms with Gasteiger partial charge in [0.05, 0.1) is 12.6 Å². The fourth-order valence-corrected chi connectivity index (χ4v) is 2.32. The second-order valence-electron chi connectivity index (χ2n) is 5.83. The smallest absolute Gasteiger partial charge is 0.257 e. The Morgan fingerprint density at radius 1 is 1.39 bits per heavy atom. The number of amides is 1. The van der Waals surface area contributed by atoms with Crippen molar-refractivity contribution in [3.8, 4) is 11.5 Å². The number of nitrogens with one attached hydrogen (secondary N) is 2. The van der Waals surface area contributed by atoms with E-state index in [1.165, 1.54) is 12.8 Å². The molecule has 1 amide bonds. The number of halogens is 1. The summed E-state index contributed by atoms with van der Waals surface area (Å²) in [5, 5.41) is 10.6. The van der Waals surface area contributed by atoms with Crippen molar-refractivity contribution in [2.24, 2.45) is 5.92 Å². The van der Waals surface area contributed by atoms with E-state index in [0.29, 0.717) is 23.3 Å². The van der Waals surface area contributed by atoms with Crippen LogP contribution in [-0.2, 0) is 4.79 Å². The van der Waals surface area contributed by atoms with Crippen LogP contribution in [0, 0.1) is 5.92 Å². The van der Waals surface area contributed by atoms with Gasteiger partial charge >= 0.3 is 0 Å². The molecule has 7 heteroatoms. The minimum atomic E-state index is -0.310. The van der Waals surface area contributed by atoms with Crippen LogP contribution < -0.4 is 10.6 Å². The molecule has 3 rings (SSSR count). The van der Waals surface area contributed by atoms with Gasteiger partial charge in [-0.25, -0.2) is 0 Å². The molecule has 2 N–H and O–H groups in total. The van der Waals surface area contributed by atoms with Gasteiger partial charge in [0, 0.05) is 10.6 Å². The Kier molecular flexibility index (Phi) is 4.93. The van der Waals surface area contributed by atoms with Crippen LogP contribution >= 0.6 is 11.6 Å². The zero-order valence-electron chi connectivity index (χ0n) is 12.9. The molecule has 1 saturated carbocycles. The van der Waals surface area contributed by atoms with Crippen molar-refractivity contribution in [1.29, 1.82) is 0 Å². The molecule has 122 valence electrons. The second kappa shape index (κ2) is 7.10. The zero-order valence-corrected chi connectivity index (χ0v) is 13.6. The molecule has 0 saturated heterocycles. The molecule has 1 fully saturated rings. The molecule has 1 aliphatic rings. The summed E-state index contributed by atoms with van der Waals surface area (Å²) in [4.78, 5) is 16.2. The molecule has 1 aromatic carbocycles. The fraction of sp³-hybridized carbons (Fsp3) is 0.438. The van der Waals surface area contributed by atoms with E-state index >= 15 is 0 Å². The van der Waals surface area contributed by atoms with Crippen LogP contribution in [0.3, 0.4) is 0 Å². The topological polar surface area (TPSA) is 80.0 Å². The number of rotatable bonds is 7. The molecule has 0 bridgehead atoms. The maximum absolute atomic E-state index is 11.9. The highest BCUT2D eigenvalue weighted by atomic mass is 35.5. The number of carbonyl (C=O) groups excluding carboxylic acids is 1. The molecular weight excluding hydrogens is 316 g/mol. The monoisotopic (exact) mass is 334 g/mol. The largest absolute Gasteiger partial charge is 0.345 e. The highest BCUT2D eigenvalue weighted by Gasteiger charge is 2.21. The van der Waals surface area contributed by atoms with Gasteiger partial charge < -0.3 is 15.2 Å². The third-order valence-electron chi connectivity index (χ3n) is 3.71. The first kappa shape index (κ1) is 16.0. The number of aromatic nitrogens is 2. The molecule has 1 aliphatic carbocycles. The predicted molar refractivity (Wildman–Crippen MR) is 86.9 cm³/mol. The van der Waals surface area contributed by atoms with Gasteiger partial charge in [-0.2, -0.15) is 4.98 Å². The summed E-state index contributed by atoms with van der Waals surface area (Å²) in [6, 6.07) is 6.83. The van der Waals surface area contributed by atoms with E-state index in [0.717, 1.165) is 18.0 Å². The van der Waals surface area contributed by atoms with Crippen LogP contribution in [0.1, 0.15) is 31.6 Å². The van der Waals surface area contributed by atoms with Gasteiger partial charge in [-0.05, 0) is 56.5 Å². The van der Waals surface area contributed by atoms with Crippen molar-refractivity contribution < 1.29 is 9.32 Å². The summed E-state index contributed by atoms with van der Waals surface area (Å²) < 4.78 is 5.24. The third kappa shape index (κ3) is 4.53. The van der Waals surface area contributed by atoms with E-state index in [-0.39, 0.29) is 11.9 Å². The van der Waals surface area contributed by atoms with Gasteiger partial charge in [-0.3, -0.25) is 4.79 Å². The molecule has 23 heavy (non-hydrogen) atoms. The highest BCUT2D eigenvalue weighted by Crippen LogP contribution is 2.27. The molecule has 1 atom stereocenters. The highest BCUT2D eigenvalue weighted by molar-refractivity contribution is 6.30. The molecule has 0 spiro atoms. The average molecular weight is 335 g/mol. The van der Waals surface area contributed by atoms with E-state index in [9.17, 15) is 4.79 Å². The third-order valence-corrected chi connectivity index (χ3v) is 3.97. The lowest BCUT2D eigenvalue weighted by Crippen LogP contribution is -2.36. The van der Waals surface area contributed by atoms with E-state index in [2.05, 4.69) is 20.8 Å². The van der Waals surface area contributed by atoms with E-state index in [4.69, 9.17) is 16.1 Å². The quantitative estimate of drug-likeness (QED) is 0.813. The standard InChI is InChI=1S/C16H19ClN4O2/c1-10(19-14(22)9-18-8-11-2-3-11)15-20-16(23-21-15)12-4-6-13(17)7-5-12/h4-7,10-11,18H,2-3,8-9H2,1H3,(H,19,22). The molecular formula is C16H19ClN4O2. The number of hydrogen-bond donors (Lipinski definition) is 2. The van der Waals surface area contributed by atoms with Crippen molar-refractivity contribution >= 4 is 17.5 Å². The van der Waals surface area contributed by atoms with Gasteiger partial charge in [0.15, 0.2) is 5.82 Å². The maximum atomic E-state index is 11.9. The van der Waals surface area contributed by atoms with Crippen molar-refractivity contribution in [3.05, 3.63) is 35.1 Å². The van der Waals surface area contributed by atoms with Gasteiger partial charge in [-0.15, -0.1) is 0 Å². The van der Waals surface area contributed by atoms with Crippen molar-refractivity contribution in [1.82, 2.24) is 20.8 Å². The molecule has 0 aliphatic heterocycles. The van der Waals surface area contributed by atoms with E-state index in [1.807, 2.05) is 19.1 Å². The van der Waals surface area contributed by atoms with Gasteiger partial charge in [0.1, 0.15) is 0 Å². The SMILES string of the molecule is CC(NC(=O)CNCC1CC1)c1noc(-c2ccc(Cl)cc2)n1.